The standard InChI is InChI=1S/C14H26N2O2/c1-11-5-6-15-13(8-11)14(17)16(2)9-12-4-3-7-18-10-12/h11-13,15H,3-10H2,1-2H3. The van der Waals surface area contributed by atoms with Crippen LogP contribution in [0.3, 0.4) is 0 Å². The van der Waals surface area contributed by atoms with Gasteiger partial charge in [0.2, 0.25) is 5.91 Å². The average Bonchev–Trinajstić information content (AvgIpc) is 2.39. The normalized spacial score (nSPS) is 33.1. The minimum Gasteiger partial charge on any atom is -0.381 e. The Hall–Kier alpha value is -0.610. The van der Waals surface area contributed by atoms with Gasteiger partial charge in [-0.15, -0.1) is 0 Å². The number of hydrogen-bond donors (Lipinski definition) is 1. The highest BCUT2D eigenvalue weighted by Crippen LogP contribution is 2.18. The molecule has 2 aliphatic heterocycles. The molecular formula is C14H26N2O2. The van der Waals surface area contributed by atoms with Crippen molar-refractivity contribution in [1.82, 2.24) is 10.2 Å². The van der Waals surface area contributed by atoms with E-state index in [4.69, 9.17) is 4.74 Å². The lowest BCUT2D eigenvalue weighted by Gasteiger charge is -2.33. The van der Waals surface area contributed by atoms with Crippen LogP contribution >= 0.6 is 0 Å². The lowest BCUT2D eigenvalue weighted by molar-refractivity contribution is -0.134. The van der Waals surface area contributed by atoms with Crippen LogP contribution in [-0.4, -0.2) is 50.2 Å². The molecule has 0 bridgehead atoms. The van der Waals surface area contributed by atoms with Crippen LogP contribution in [0.5, 0.6) is 0 Å². The summed E-state index contributed by atoms with van der Waals surface area (Å²) in [6.45, 7) is 5.74. The maximum absolute atomic E-state index is 12.3. The van der Waals surface area contributed by atoms with E-state index in [1.807, 2.05) is 11.9 Å². The van der Waals surface area contributed by atoms with Crippen molar-refractivity contribution in [1.29, 1.82) is 0 Å². The monoisotopic (exact) mass is 254 g/mol. The molecule has 2 fully saturated rings. The fourth-order valence-electron chi connectivity index (χ4n) is 2.99. The molecule has 2 heterocycles. The number of hydrogen-bond acceptors (Lipinski definition) is 3. The van der Waals surface area contributed by atoms with Crippen molar-refractivity contribution >= 4 is 5.91 Å². The molecule has 0 aromatic carbocycles. The quantitative estimate of drug-likeness (QED) is 0.824. The topological polar surface area (TPSA) is 41.6 Å². The van der Waals surface area contributed by atoms with Crippen molar-refractivity contribution in [3.8, 4) is 0 Å². The van der Waals surface area contributed by atoms with Crippen molar-refractivity contribution in [2.45, 2.75) is 38.6 Å². The molecule has 1 amide bonds. The molecule has 104 valence electrons. The van der Waals surface area contributed by atoms with E-state index in [0.29, 0.717) is 11.8 Å². The summed E-state index contributed by atoms with van der Waals surface area (Å²) in [6.07, 6.45) is 4.48. The predicted molar refractivity (Wildman–Crippen MR) is 71.4 cm³/mol. The SMILES string of the molecule is CC1CCNC(C(=O)N(C)CC2CCCOC2)C1. The highest BCUT2D eigenvalue weighted by Gasteiger charge is 2.28. The molecule has 0 spiro atoms. The van der Waals surface area contributed by atoms with Crippen molar-refractivity contribution in [2.24, 2.45) is 11.8 Å². The first-order valence-electron chi connectivity index (χ1n) is 7.23. The van der Waals surface area contributed by atoms with Crippen LogP contribution < -0.4 is 5.32 Å². The second-order valence-corrected chi connectivity index (χ2v) is 5.94. The van der Waals surface area contributed by atoms with E-state index in [0.717, 1.165) is 39.1 Å². The summed E-state index contributed by atoms with van der Waals surface area (Å²) >= 11 is 0. The number of likely N-dealkylation sites (N-methyl/N-ethyl adjacent to an activating group) is 1. The molecule has 0 aromatic rings. The van der Waals surface area contributed by atoms with Crippen molar-refractivity contribution in [3.63, 3.8) is 0 Å². The van der Waals surface area contributed by atoms with Gasteiger partial charge in [-0.3, -0.25) is 4.79 Å². The van der Waals surface area contributed by atoms with Crippen molar-refractivity contribution < 1.29 is 9.53 Å². The Kier molecular flexibility index (Phi) is 5.01. The number of carbonyl (C=O) groups is 1. The number of piperidine rings is 1. The van der Waals surface area contributed by atoms with Gasteiger partial charge >= 0.3 is 0 Å². The number of amides is 1. The predicted octanol–water partition coefficient (Wildman–Crippen LogP) is 1.26. The van der Waals surface area contributed by atoms with Gasteiger partial charge in [0, 0.05) is 20.2 Å². The maximum atomic E-state index is 12.3. The first-order valence-corrected chi connectivity index (χ1v) is 7.23. The zero-order chi connectivity index (χ0) is 13.0. The highest BCUT2D eigenvalue weighted by atomic mass is 16.5. The molecule has 0 radical (unpaired) electrons. The van der Waals surface area contributed by atoms with Crippen molar-refractivity contribution in [3.05, 3.63) is 0 Å². The van der Waals surface area contributed by atoms with Gasteiger partial charge in [0.25, 0.3) is 0 Å². The number of nitrogens with one attached hydrogen (secondary N) is 1. The summed E-state index contributed by atoms with van der Waals surface area (Å²) in [5.74, 6) is 1.44. The molecular weight excluding hydrogens is 228 g/mol. The third kappa shape index (κ3) is 3.69. The van der Waals surface area contributed by atoms with Gasteiger partial charge in [-0.05, 0) is 44.1 Å². The summed E-state index contributed by atoms with van der Waals surface area (Å²) in [5, 5.41) is 3.34. The minimum atomic E-state index is 0.0308. The Morgan fingerprint density at radius 1 is 1.44 bits per heavy atom. The summed E-state index contributed by atoms with van der Waals surface area (Å²) in [4.78, 5) is 14.2. The molecule has 0 aliphatic carbocycles. The Morgan fingerprint density at radius 3 is 2.94 bits per heavy atom. The van der Waals surface area contributed by atoms with Crippen LogP contribution in [0, 0.1) is 11.8 Å². The van der Waals surface area contributed by atoms with Gasteiger partial charge < -0.3 is 15.0 Å². The zero-order valence-electron chi connectivity index (χ0n) is 11.7. The third-order valence-electron chi connectivity index (χ3n) is 4.13. The molecule has 0 aromatic heterocycles. The molecule has 3 unspecified atom stereocenters. The average molecular weight is 254 g/mol. The summed E-state index contributed by atoms with van der Waals surface area (Å²) < 4.78 is 5.47. The second kappa shape index (κ2) is 6.53. The third-order valence-corrected chi connectivity index (χ3v) is 4.13. The summed E-state index contributed by atoms with van der Waals surface area (Å²) in [6, 6.07) is 0.0308. The van der Waals surface area contributed by atoms with Crippen LogP contribution in [0.15, 0.2) is 0 Å². The van der Waals surface area contributed by atoms with E-state index in [-0.39, 0.29) is 11.9 Å². The fraction of sp³-hybridized carbons (Fsp3) is 0.929. The lowest BCUT2D eigenvalue weighted by Crippen LogP contribution is -2.50. The van der Waals surface area contributed by atoms with E-state index >= 15 is 0 Å². The van der Waals surface area contributed by atoms with Gasteiger partial charge in [0.05, 0.1) is 12.6 Å². The molecule has 2 aliphatic rings. The van der Waals surface area contributed by atoms with Gasteiger partial charge in [-0.1, -0.05) is 6.92 Å². The van der Waals surface area contributed by atoms with Crippen LogP contribution in [-0.2, 0) is 9.53 Å². The first kappa shape index (κ1) is 13.8. The zero-order valence-corrected chi connectivity index (χ0v) is 11.7. The number of carbonyl (C=O) groups excluding carboxylic acids is 1. The van der Waals surface area contributed by atoms with Gasteiger partial charge in [0.15, 0.2) is 0 Å². The highest BCUT2D eigenvalue weighted by molar-refractivity contribution is 5.81. The van der Waals surface area contributed by atoms with E-state index in [2.05, 4.69) is 12.2 Å². The second-order valence-electron chi connectivity index (χ2n) is 5.94. The number of ether oxygens (including phenoxy) is 1. The summed E-state index contributed by atoms with van der Waals surface area (Å²) in [7, 11) is 1.93. The Balaban J connectivity index is 1.79. The van der Waals surface area contributed by atoms with E-state index < -0.39 is 0 Å². The molecule has 4 nitrogen and oxygen atoms in total. The lowest BCUT2D eigenvalue weighted by atomic mass is 9.93. The van der Waals surface area contributed by atoms with E-state index in [9.17, 15) is 4.79 Å². The largest absolute Gasteiger partial charge is 0.381 e. The number of rotatable bonds is 3. The summed E-state index contributed by atoms with van der Waals surface area (Å²) in [5.41, 5.74) is 0. The molecule has 4 heteroatoms. The van der Waals surface area contributed by atoms with Crippen LogP contribution in [0.2, 0.25) is 0 Å². The van der Waals surface area contributed by atoms with Gasteiger partial charge in [-0.2, -0.15) is 0 Å². The van der Waals surface area contributed by atoms with E-state index in [1.54, 1.807) is 0 Å². The Morgan fingerprint density at radius 2 is 2.28 bits per heavy atom. The molecule has 3 atom stereocenters. The first-order chi connectivity index (χ1) is 8.66. The minimum absolute atomic E-state index is 0.0308. The van der Waals surface area contributed by atoms with Gasteiger partial charge in [0.1, 0.15) is 0 Å². The van der Waals surface area contributed by atoms with E-state index in [1.165, 1.54) is 12.8 Å². The van der Waals surface area contributed by atoms with Crippen LogP contribution in [0.4, 0.5) is 0 Å². The smallest absolute Gasteiger partial charge is 0.239 e. The maximum Gasteiger partial charge on any atom is 0.239 e. The molecule has 2 saturated heterocycles. The Bertz CT molecular complexity index is 277. The number of nitrogens with zero attached hydrogens (tertiary/aromatic N) is 1. The molecule has 0 saturated carbocycles. The fourth-order valence-corrected chi connectivity index (χ4v) is 2.99. The molecule has 18 heavy (non-hydrogen) atoms. The Labute approximate surface area is 110 Å². The van der Waals surface area contributed by atoms with Crippen molar-refractivity contribution in [2.75, 3.05) is 33.4 Å². The van der Waals surface area contributed by atoms with Crippen LogP contribution in [0.1, 0.15) is 32.6 Å². The van der Waals surface area contributed by atoms with Gasteiger partial charge in [-0.25, -0.2) is 0 Å². The molecule has 2 rings (SSSR count). The molecule has 1 N–H and O–H groups in total. The van der Waals surface area contributed by atoms with Crippen LogP contribution in [0.25, 0.3) is 0 Å².